The fourth-order valence-electron chi connectivity index (χ4n) is 2.27. The van der Waals surface area contributed by atoms with Gasteiger partial charge in [0, 0.05) is 18.6 Å². The first-order valence-electron chi connectivity index (χ1n) is 5.76. The van der Waals surface area contributed by atoms with Crippen molar-refractivity contribution in [2.24, 2.45) is 0 Å². The summed E-state index contributed by atoms with van der Waals surface area (Å²) in [5.41, 5.74) is 1.95. The largest absolute Gasteiger partial charge is 0.378 e. The number of hydrogen-bond acceptors (Lipinski definition) is 3. The molecule has 1 aromatic rings. The molecule has 1 aliphatic rings. The van der Waals surface area contributed by atoms with Gasteiger partial charge in [-0.25, -0.2) is 4.98 Å². The van der Waals surface area contributed by atoms with Crippen LogP contribution in [0.15, 0.2) is 6.07 Å². The molecule has 2 atom stereocenters. The highest BCUT2D eigenvalue weighted by Crippen LogP contribution is 2.29. The Balaban J connectivity index is 2.14. The number of halogens is 2. The van der Waals surface area contributed by atoms with Crippen LogP contribution in [0.2, 0.25) is 10.3 Å². The van der Waals surface area contributed by atoms with Gasteiger partial charge in [-0.15, -0.1) is 0 Å². The topological polar surface area (TPSA) is 28.2 Å². The fourth-order valence-corrected chi connectivity index (χ4v) is 2.86. The SMILES string of the molecule is Cc1cc(Cl)nc(Cl)c1NC1CC(C)N(C)C1. The zero-order valence-corrected chi connectivity index (χ0v) is 11.8. The van der Waals surface area contributed by atoms with Gasteiger partial charge in [0.1, 0.15) is 5.15 Å². The average Bonchev–Trinajstić information content (AvgIpc) is 2.52. The summed E-state index contributed by atoms with van der Waals surface area (Å²) in [4.78, 5) is 6.41. The Morgan fingerprint density at radius 1 is 1.47 bits per heavy atom. The van der Waals surface area contributed by atoms with Crippen LogP contribution < -0.4 is 5.32 Å². The van der Waals surface area contributed by atoms with Crippen molar-refractivity contribution in [3.8, 4) is 0 Å². The van der Waals surface area contributed by atoms with Gasteiger partial charge >= 0.3 is 0 Å². The molecule has 0 saturated carbocycles. The molecule has 1 N–H and O–H groups in total. The quantitative estimate of drug-likeness (QED) is 0.839. The molecular formula is C12H17Cl2N3. The normalized spacial score (nSPS) is 25.2. The molecule has 5 heteroatoms. The first kappa shape index (κ1) is 12.9. The van der Waals surface area contributed by atoms with Crippen molar-refractivity contribution in [3.05, 3.63) is 21.9 Å². The van der Waals surface area contributed by atoms with Gasteiger partial charge in [-0.05, 0) is 38.9 Å². The van der Waals surface area contributed by atoms with Crippen molar-refractivity contribution in [1.82, 2.24) is 9.88 Å². The van der Waals surface area contributed by atoms with Gasteiger partial charge in [-0.1, -0.05) is 23.2 Å². The number of pyridine rings is 1. The fraction of sp³-hybridized carbons (Fsp3) is 0.583. The van der Waals surface area contributed by atoms with Crippen molar-refractivity contribution in [1.29, 1.82) is 0 Å². The Labute approximate surface area is 112 Å². The molecule has 0 amide bonds. The van der Waals surface area contributed by atoms with E-state index in [0.717, 1.165) is 24.2 Å². The lowest BCUT2D eigenvalue weighted by molar-refractivity contribution is 0.330. The number of anilines is 1. The first-order chi connectivity index (χ1) is 7.97. The molecular weight excluding hydrogens is 257 g/mol. The Morgan fingerprint density at radius 3 is 2.71 bits per heavy atom. The summed E-state index contributed by atoms with van der Waals surface area (Å²) in [5, 5.41) is 4.37. The summed E-state index contributed by atoms with van der Waals surface area (Å²) in [6.45, 7) is 5.25. The second-order valence-electron chi connectivity index (χ2n) is 4.79. The van der Waals surface area contributed by atoms with Gasteiger partial charge in [0.2, 0.25) is 0 Å². The number of nitrogens with one attached hydrogen (secondary N) is 1. The lowest BCUT2D eigenvalue weighted by Gasteiger charge is -2.17. The van der Waals surface area contributed by atoms with Gasteiger partial charge in [-0.2, -0.15) is 0 Å². The third kappa shape index (κ3) is 2.84. The number of likely N-dealkylation sites (N-methyl/N-ethyl adjacent to an activating group) is 1. The molecule has 2 heterocycles. The van der Waals surface area contributed by atoms with Crippen LogP contribution in [0.1, 0.15) is 18.9 Å². The monoisotopic (exact) mass is 273 g/mol. The molecule has 2 unspecified atom stereocenters. The van der Waals surface area contributed by atoms with Crippen LogP contribution >= 0.6 is 23.2 Å². The van der Waals surface area contributed by atoms with Crippen LogP contribution in [0.25, 0.3) is 0 Å². The maximum atomic E-state index is 6.11. The standard InChI is InChI=1S/C12H17Cl2N3/c1-7-4-10(13)16-12(14)11(7)15-9-5-8(2)17(3)6-9/h4,8-9,15H,5-6H2,1-3H3. The molecule has 1 aliphatic heterocycles. The number of aromatic nitrogens is 1. The molecule has 0 aromatic carbocycles. The molecule has 1 aromatic heterocycles. The Hall–Kier alpha value is -0.510. The molecule has 0 radical (unpaired) electrons. The highest BCUT2D eigenvalue weighted by atomic mass is 35.5. The Kier molecular flexibility index (Phi) is 3.81. The van der Waals surface area contributed by atoms with E-state index < -0.39 is 0 Å². The van der Waals surface area contributed by atoms with E-state index in [2.05, 4.69) is 29.2 Å². The smallest absolute Gasteiger partial charge is 0.154 e. The zero-order valence-electron chi connectivity index (χ0n) is 10.3. The second kappa shape index (κ2) is 5.01. The lowest BCUT2D eigenvalue weighted by atomic mass is 10.1. The van der Waals surface area contributed by atoms with Crippen molar-refractivity contribution < 1.29 is 0 Å². The number of aryl methyl sites for hydroxylation is 1. The first-order valence-corrected chi connectivity index (χ1v) is 6.52. The number of hydrogen-bond donors (Lipinski definition) is 1. The summed E-state index contributed by atoms with van der Waals surface area (Å²) in [5.74, 6) is 0. The predicted molar refractivity (Wildman–Crippen MR) is 73.1 cm³/mol. The van der Waals surface area contributed by atoms with Gasteiger partial charge < -0.3 is 10.2 Å². The van der Waals surface area contributed by atoms with Crippen molar-refractivity contribution in [3.63, 3.8) is 0 Å². The average molecular weight is 274 g/mol. The third-order valence-corrected chi connectivity index (χ3v) is 3.84. The van der Waals surface area contributed by atoms with Gasteiger partial charge in [0.05, 0.1) is 5.69 Å². The molecule has 94 valence electrons. The van der Waals surface area contributed by atoms with Crippen LogP contribution in [-0.4, -0.2) is 35.6 Å². The van der Waals surface area contributed by atoms with Crippen LogP contribution in [-0.2, 0) is 0 Å². The maximum Gasteiger partial charge on any atom is 0.154 e. The maximum absolute atomic E-state index is 6.11. The minimum absolute atomic E-state index is 0.425. The molecule has 1 fully saturated rings. The Morgan fingerprint density at radius 2 is 2.18 bits per heavy atom. The van der Waals surface area contributed by atoms with E-state index in [1.807, 2.05) is 13.0 Å². The van der Waals surface area contributed by atoms with Gasteiger partial charge in [0.15, 0.2) is 5.15 Å². The van der Waals surface area contributed by atoms with Gasteiger partial charge in [0.25, 0.3) is 0 Å². The molecule has 2 rings (SSSR count). The zero-order chi connectivity index (χ0) is 12.6. The number of nitrogens with zero attached hydrogens (tertiary/aromatic N) is 2. The van der Waals surface area contributed by atoms with Crippen LogP contribution in [0.3, 0.4) is 0 Å². The predicted octanol–water partition coefficient (Wildman–Crippen LogP) is 3.20. The van der Waals surface area contributed by atoms with E-state index in [-0.39, 0.29) is 0 Å². The minimum atomic E-state index is 0.425. The molecule has 3 nitrogen and oxygen atoms in total. The summed E-state index contributed by atoms with van der Waals surface area (Å²) in [6.07, 6.45) is 1.12. The van der Waals surface area contributed by atoms with Gasteiger partial charge in [-0.3, -0.25) is 0 Å². The molecule has 1 saturated heterocycles. The molecule has 17 heavy (non-hydrogen) atoms. The van der Waals surface area contributed by atoms with Crippen LogP contribution in [0, 0.1) is 6.92 Å². The van der Waals surface area contributed by atoms with E-state index in [0.29, 0.717) is 22.4 Å². The summed E-state index contributed by atoms with van der Waals surface area (Å²) >= 11 is 12.0. The highest BCUT2D eigenvalue weighted by molar-refractivity contribution is 6.34. The van der Waals surface area contributed by atoms with E-state index in [1.165, 1.54) is 0 Å². The number of rotatable bonds is 2. The lowest BCUT2D eigenvalue weighted by Crippen LogP contribution is -2.25. The third-order valence-electron chi connectivity index (χ3n) is 3.38. The molecule has 0 spiro atoms. The minimum Gasteiger partial charge on any atom is -0.378 e. The summed E-state index contributed by atoms with van der Waals surface area (Å²) < 4.78 is 0. The summed E-state index contributed by atoms with van der Waals surface area (Å²) in [6, 6.07) is 2.86. The number of likely N-dealkylation sites (tertiary alicyclic amines) is 1. The van der Waals surface area contributed by atoms with Crippen molar-refractivity contribution >= 4 is 28.9 Å². The summed E-state index contributed by atoms with van der Waals surface area (Å²) in [7, 11) is 2.14. The van der Waals surface area contributed by atoms with E-state index >= 15 is 0 Å². The molecule has 0 bridgehead atoms. The molecule has 0 aliphatic carbocycles. The van der Waals surface area contributed by atoms with Crippen LogP contribution in [0.5, 0.6) is 0 Å². The van der Waals surface area contributed by atoms with Crippen molar-refractivity contribution in [2.75, 3.05) is 18.9 Å². The highest BCUT2D eigenvalue weighted by Gasteiger charge is 2.26. The van der Waals surface area contributed by atoms with Crippen LogP contribution in [0.4, 0.5) is 5.69 Å². The Bertz CT molecular complexity index is 389. The van der Waals surface area contributed by atoms with E-state index in [4.69, 9.17) is 23.2 Å². The van der Waals surface area contributed by atoms with E-state index in [1.54, 1.807) is 0 Å². The van der Waals surface area contributed by atoms with Crippen molar-refractivity contribution in [2.45, 2.75) is 32.4 Å². The van der Waals surface area contributed by atoms with E-state index in [9.17, 15) is 0 Å². The second-order valence-corrected chi connectivity index (χ2v) is 5.54.